The van der Waals surface area contributed by atoms with Gasteiger partial charge in [-0.25, -0.2) is 4.79 Å². The summed E-state index contributed by atoms with van der Waals surface area (Å²) < 4.78 is 0. The smallest absolute Gasteiger partial charge is 0.342 e. The van der Waals surface area contributed by atoms with Crippen LogP contribution < -0.4 is 5.73 Å². The maximum absolute atomic E-state index is 12.1. The molecule has 1 aromatic heterocycles. The van der Waals surface area contributed by atoms with Crippen molar-refractivity contribution in [2.75, 3.05) is 0 Å². The highest BCUT2D eigenvalue weighted by atomic mass is 32.1. The zero-order valence-corrected chi connectivity index (χ0v) is 14.5. The van der Waals surface area contributed by atoms with Gasteiger partial charge in [-0.15, -0.1) is 11.3 Å². The molecular formula is C18H22N2O2S. The van der Waals surface area contributed by atoms with Crippen LogP contribution in [-0.2, 0) is 16.1 Å². The van der Waals surface area contributed by atoms with Gasteiger partial charge in [0, 0.05) is 0 Å². The van der Waals surface area contributed by atoms with Crippen LogP contribution in [0.5, 0.6) is 0 Å². The predicted octanol–water partition coefficient (Wildman–Crippen LogP) is 3.91. The van der Waals surface area contributed by atoms with E-state index in [1.165, 1.54) is 16.9 Å². The summed E-state index contributed by atoms with van der Waals surface area (Å²) in [4.78, 5) is 17.8. The van der Waals surface area contributed by atoms with E-state index in [-0.39, 0.29) is 11.8 Å². The van der Waals surface area contributed by atoms with E-state index in [9.17, 15) is 4.79 Å². The highest BCUT2D eigenvalue weighted by Gasteiger charge is 2.17. The third-order valence-corrected chi connectivity index (χ3v) is 4.38. The molecule has 0 fully saturated rings. The highest BCUT2D eigenvalue weighted by molar-refractivity contribution is 7.12. The van der Waals surface area contributed by atoms with Crippen molar-refractivity contribution in [3.05, 3.63) is 57.8 Å². The number of thiophene rings is 1. The molecule has 0 aliphatic heterocycles. The first-order valence-electron chi connectivity index (χ1n) is 7.64. The van der Waals surface area contributed by atoms with E-state index in [0.29, 0.717) is 5.92 Å². The third-order valence-electron chi connectivity index (χ3n) is 3.48. The largest absolute Gasteiger partial charge is 0.380 e. The van der Waals surface area contributed by atoms with Crippen molar-refractivity contribution in [1.29, 1.82) is 0 Å². The Bertz CT molecular complexity index is 661. The molecule has 2 N–H and O–H groups in total. The van der Waals surface area contributed by atoms with Gasteiger partial charge < -0.3 is 10.6 Å². The molecule has 2 rings (SSSR count). The molecule has 1 atom stereocenters. The van der Waals surface area contributed by atoms with Crippen LogP contribution in [0.3, 0.4) is 0 Å². The number of nitrogens with zero attached hydrogens (tertiary/aromatic N) is 1. The average Bonchev–Trinajstić information content (AvgIpc) is 3.06. The topological polar surface area (TPSA) is 64.7 Å². The first kappa shape index (κ1) is 17.2. The van der Waals surface area contributed by atoms with Crippen LogP contribution in [0.1, 0.15) is 42.7 Å². The van der Waals surface area contributed by atoms with Gasteiger partial charge in [0.25, 0.3) is 0 Å². The van der Waals surface area contributed by atoms with Crippen molar-refractivity contribution in [2.45, 2.75) is 33.1 Å². The van der Waals surface area contributed by atoms with Crippen LogP contribution in [0, 0.1) is 5.92 Å². The molecule has 23 heavy (non-hydrogen) atoms. The number of benzene rings is 1. The van der Waals surface area contributed by atoms with Gasteiger partial charge in [0.15, 0.2) is 5.84 Å². The molecule has 0 aliphatic rings. The molecule has 2 aromatic rings. The Kier molecular flexibility index (Phi) is 5.93. The number of carbonyl (C=O) groups is 1. The summed E-state index contributed by atoms with van der Waals surface area (Å²) in [5.74, 6) is 0.0229. The van der Waals surface area contributed by atoms with Crippen molar-refractivity contribution in [3.63, 3.8) is 0 Å². The zero-order chi connectivity index (χ0) is 16.8. The van der Waals surface area contributed by atoms with Gasteiger partial charge in [0.1, 0.15) is 0 Å². The van der Waals surface area contributed by atoms with E-state index in [2.05, 4.69) is 31.1 Å². The van der Waals surface area contributed by atoms with Gasteiger partial charge in [-0.3, -0.25) is 0 Å². The lowest BCUT2D eigenvalue weighted by molar-refractivity contribution is -0.145. The molecule has 4 nitrogen and oxygen atoms in total. The van der Waals surface area contributed by atoms with Gasteiger partial charge in [-0.2, -0.15) is 0 Å². The molecule has 0 radical (unpaired) electrons. The van der Waals surface area contributed by atoms with Gasteiger partial charge >= 0.3 is 5.97 Å². The van der Waals surface area contributed by atoms with Crippen molar-refractivity contribution in [3.8, 4) is 0 Å². The van der Waals surface area contributed by atoms with Gasteiger partial charge in [-0.1, -0.05) is 49.3 Å². The Morgan fingerprint density at radius 2 is 1.91 bits per heavy atom. The van der Waals surface area contributed by atoms with E-state index in [4.69, 9.17) is 10.6 Å². The molecule has 0 spiro atoms. The zero-order valence-electron chi connectivity index (χ0n) is 13.7. The number of carbonyl (C=O) groups excluding carboxylic acids is 1. The summed E-state index contributed by atoms with van der Waals surface area (Å²) >= 11 is 1.45. The quantitative estimate of drug-likeness (QED) is 0.378. The van der Waals surface area contributed by atoms with E-state index in [1.54, 1.807) is 6.92 Å². The molecule has 0 saturated carbocycles. The number of oxime groups is 1. The fourth-order valence-corrected chi connectivity index (χ4v) is 2.81. The van der Waals surface area contributed by atoms with Crippen LogP contribution in [-0.4, -0.2) is 11.8 Å². The average molecular weight is 330 g/mol. The van der Waals surface area contributed by atoms with Gasteiger partial charge in [0.05, 0.1) is 10.8 Å². The standard InChI is InChI=1S/C18H22N2O2S/c1-12(2)11-14-6-8-15(9-7-14)13(3)18(21)22-20-17(19)16-5-4-10-23-16/h4-10,12-13H,11H2,1-3H3,(H2,19,20). The summed E-state index contributed by atoms with van der Waals surface area (Å²) in [7, 11) is 0. The maximum Gasteiger partial charge on any atom is 0.342 e. The number of nitrogens with two attached hydrogens (primary N) is 1. The molecule has 1 heterocycles. The van der Waals surface area contributed by atoms with Gasteiger partial charge in [-0.05, 0) is 41.8 Å². The van der Waals surface area contributed by atoms with E-state index < -0.39 is 5.97 Å². The number of hydrogen-bond acceptors (Lipinski definition) is 4. The second-order valence-corrected chi connectivity index (χ2v) is 6.87. The Morgan fingerprint density at radius 3 is 2.48 bits per heavy atom. The summed E-state index contributed by atoms with van der Waals surface area (Å²) in [6.07, 6.45) is 1.03. The number of hydrogen-bond donors (Lipinski definition) is 1. The number of amidine groups is 1. The van der Waals surface area contributed by atoms with Crippen LogP contribution >= 0.6 is 11.3 Å². The first-order valence-corrected chi connectivity index (χ1v) is 8.52. The van der Waals surface area contributed by atoms with E-state index in [0.717, 1.165) is 16.9 Å². The minimum atomic E-state index is -0.416. The molecule has 0 bridgehead atoms. The number of rotatable bonds is 6. The van der Waals surface area contributed by atoms with E-state index >= 15 is 0 Å². The maximum atomic E-state index is 12.1. The molecule has 0 aliphatic carbocycles. The monoisotopic (exact) mass is 330 g/mol. The molecule has 1 aromatic carbocycles. The molecule has 1 unspecified atom stereocenters. The predicted molar refractivity (Wildman–Crippen MR) is 94.5 cm³/mol. The molecule has 0 amide bonds. The van der Waals surface area contributed by atoms with Crippen molar-refractivity contribution in [2.24, 2.45) is 16.8 Å². The minimum Gasteiger partial charge on any atom is -0.380 e. The molecule has 122 valence electrons. The van der Waals surface area contributed by atoms with Crippen LogP contribution in [0.2, 0.25) is 0 Å². The minimum absolute atomic E-state index is 0.216. The Morgan fingerprint density at radius 1 is 1.22 bits per heavy atom. The Balaban J connectivity index is 1.98. The van der Waals surface area contributed by atoms with Crippen LogP contribution in [0.4, 0.5) is 0 Å². The van der Waals surface area contributed by atoms with Crippen molar-refractivity contribution >= 4 is 23.1 Å². The summed E-state index contributed by atoms with van der Waals surface area (Å²) in [5.41, 5.74) is 7.95. The van der Waals surface area contributed by atoms with Gasteiger partial charge in [0.2, 0.25) is 0 Å². The fraction of sp³-hybridized carbons (Fsp3) is 0.333. The third kappa shape index (κ3) is 4.93. The van der Waals surface area contributed by atoms with Crippen molar-refractivity contribution in [1.82, 2.24) is 0 Å². The second-order valence-electron chi connectivity index (χ2n) is 5.93. The van der Waals surface area contributed by atoms with Crippen LogP contribution in [0.15, 0.2) is 46.9 Å². The second kappa shape index (κ2) is 7.92. The highest BCUT2D eigenvalue weighted by Crippen LogP contribution is 2.19. The summed E-state index contributed by atoms with van der Waals surface area (Å²) in [6.45, 7) is 6.17. The molecule has 5 heteroatoms. The van der Waals surface area contributed by atoms with Crippen molar-refractivity contribution < 1.29 is 9.63 Å². The molecular weight excluding hydrogens is 308 g/mol. The SMILES string of the molecule is CC(C)Cc1ccc(C(C)C(=O)O/N=C(/N)c2cccs2)cc1. The normalized spacial score (nSPS) is 13.1. The Labute approximate surface area is 141 Å². The van der Waals surface area contributed by atoms with Crippen LogP contribution in [0.25, 0.3) is 0 Å². The lowest BCUT2D eigenvalue weighted by atomic mass is 9.97. The van der Waals surface area contributed by atoms with E-state index in [1.807, 2.05) is 29.6 Å². The fourth-order valence-electron chi connectivity index (χ4n) is 2.19. The summed E-state index contributed by atoms with van der Waals surface area (Å²) in [5, 5.41) is 5.62. The lowest BCUT2D eigenvalue weighted by Crippen LogP contribution is -2.16. The summed E-state index contributed by atoms with van der Waals surface area (Å²) in [6, 6.07) is 11.7. The Hall–Kier alpha value is -2.14. The lowest BCUT2D eigenvalue weighted by Gasteiger charge is -2.10. The molecule has 0 saturated heterocycles. The first-order chi connectivity index (χ1) is 11.0.